The molecular formula is C15H21N6O3+. The second-order valence-electron chi connectivity index (χ2n) is 5.95. The highest BCUT2D eigenvalue weighted by atomic mass is 16.2. The minimum Gasteiger partial charge on any atom is -0.354 e. The van der Waals surface area contributed by atoms with Crippen LogP contribution < -0.4 is 16.0 Å². The molecule has 0 bridgehead atoms. The van der Waals surface area contributed by atoms with E-state index in [9.17, 15) is 14.4 Å². The molecule has 2 atom stereocenters. The van der Waals surface area contributed by atoms with Crippen LogP contribution in [-0.2, 0) is 9.59 Å². The molecular weight excluding hydrogens is 312 g/mol. The summed E-state index contributed by atoms with van der Waals surface area (Å²) in [5.41, 5.74) is 0.354. The van der Waals surface area contributed by atoms with Crippen molar-refractivity contribution in [1.29, 1.82) is 0 Å². The topological polar surface area (TPSA) is 121 Å². The molecule has 2 fully saturated rings. The molecule has 1 aromatic heterocycles. The highest BCUT2D eigenvalue weighted by Crippen LogP contribution is 2.09. The molecule has 128 valence electrons. The maximum Gasteiger partial charge on any atom is 0.258 e. The number of quaternary nitrogens is 1. The largest absolute Gasteiger partial charge is 0.354 e. The Morgan fingerprint density at radius 3 is 2.88 bits per heavy atom. The van der Waals surface area contributed by atoms with Crippen LogP contribution in [0.5, 0.6) is 0 Å². The van der Waals surface area contributed by atoms with E-state index in [1.165, 1.54) is 23.6 Å². The third-order valence-electron chi connectivity index (χ3n) is 4.31. The van der Waals surface area contributed by atoms with Gasteiger partial charge in [0.2, 0.25) is 11.8 Å². The standard InChI is InChI=1S/C15H20N6O3/c22-13-11(2-1-3-19-13)20-14(23)12-8-16-4-5-21(12)15(24)10-6-17-9-18-7-10/h6-7,9,11-12,16H,1-5,8H2,(H,19,22)(H,20,23)/p+1/t11-,12+/m0/s1. The summed E-state index contributed by atoms with van der Waals surface area (Å²) in [7, 11) is 0. The molecule has 9 heteroatoms. The molecule has 2 saturated heterocycles. The number of nitrogens with one attached hydrogen (secondary N) is 2. The Balaban J connectivity index is 1.70. The molecule has 3 rings (SSSR count). The number of carbonyl (C=O) groups is 3. The van der Waals surface area contributed by atoms with Crippen molar-refractivity contribution in [2.45, 2.75) is 24.9 Å². The van der Waals surface area contributed by atoms with Gasteiger partial charge >= 0.3 is 0 Å². The van der Waals surface area contributed by atoms with Crippen molar-refractivity contribution < 1.29 is 19.7 Å². The minimum absolute atomic E-state index is 0.163. The number of piperidine rings is 1. The molecule has 0 aliphatic carbocycles. The number of hydrogen-bond acceptors (Lipinski definition) is 5. The number of nitrogens with two attached hydrogens (primary N) is 1. The molecule has 3 heterocycles. The Morgan fingerprint density at radius 2 is 2.12 bits per heavy atom. The van der Waals surface area contributed by atoms with Crippen LogP contribution >= 0.6 is 0 Å². The fraction of sp³-hybridized carbons (Fsp3) is 0.533. The van der Waals surface area contributed by atoms with E-state index in [4.69, 9.17) is 0 Å². The van der Waals surface area contributed by atoms with Gasteiger partial charge in [0.1, 0.15) is 18.9 Å². The average Bonchev–Trinajstić information content (AvgIpc) is 2.63. The van der Waals surface area contributed by atoms with E-state index in [0.717, 1.165) is 13.0 Å². The molecule has 4 N–H and O–H groups in total. The highest BCUT2D eigenvalue weighted by molar-refractivity contribution is 5.98. The van der Waals surface area contributed by atoms with E-state index in [2.05, 4.69) is 20.6 Å². The first kappa shape index (κ1) is 16.3. The number of hydrogen-bond donors (Lipinski definition) is 3. The average molecular weight is 333 g/mol. The van der Waals surface area contributed by atoms with E-state index in [-0.39, 0.29) is 17.7 Å². The molecule has 0 saturated carbocycles. The Hall–Kier alpha value is -2.55. The van der Waals surface area contributed by atoms with E-state index >= 15 is 0 Å². The predicted molar refractivity (Wildman–Crippen MR) is 82.7 cm³/mol. The Labute approximate surface area is 139 Å². The smallest absolute Gasteiger partial charge is 0.258 e. The molecule has 24 heavy (non-hydrogen) atoms. The Kier molecular flexibility index (Phi) is 4.99. The van der Waals surface area contributed by atoms with Gasteiger partial charge in [0.05, 0.1) is 18.7 Å². The van der Waals surface area contributed by atoms with Gasteiger partial charge in [-0.2, -0.15) is 0 Å². The van der Waals surface area contributed by atoms with Gasteiger partial charge in [0, 0.05) is 18.9 Å². The minimum atomic E-state index is -0.610. The summed E-state index contributed by atoms with van der Waals surface area (Å²) in [5, 5.41) is 7.52. The van der Waals surface area contributed by atoms with Crippen molar-refractivity contribution in [3.05, 3.63) is 24.3 Å². The fourth-order valence-corrected chi connectivity index (χ4v) is 3.03. The molecule has 1 aromatic rings. The summed E-state index contributed by atoms with van der Waals surface area (Å²) < 4.78 is 0. The zero-order valence-electron chi connectivity index (χ0n) is 13.3. The zero-order chi connectivity index (χ0) is 16.9. The maximum absolute atomic E-state index is 12.6. The summed E-state index contributed by atoms with van der Waals surface area (Å²) in [6.45, 7) is 2.30. The lowest BCUT2D eigenvalue weighted by atomic mass is 10.1. The van der Waals surface area contributed by atoms with Crippen LogP contribution in [0, 0.1) is 0 Å². The van der Waals surface area contributed by atoms with Crippen molar-refractivity contribution in [3.63, 3.8) is 0 Å². The Bertz CT molecular complexity index is 623. The van der Waals surface area contributed by atoms with Crippen LogP contribution in [0.1, 0.15) is 23.2 Å². The highest BCUT2D eigenvalue weighted by Gasteiger charge is 2.37. The van der Waals surface area contributed by atoms with Crippen LogP contribution in [0.4, 0.5) is 0 Å². The van der Waals surface area contributed by atoms with E-state index < -0.39 is 12.1 Å². The first-order chi connectivity index (χ1) is 11.7. The second-order valence-corrected chi connectivity index (χ2v) is 5.95. The molecule has 2 aliphatic heterocycles. The molecule has 0 spiro atoms. The lowest BCUT2D eigenvalue weighted by Crippen LogP contribution is -2.93. The maximum atomic E-state index is 12.6. The molecule has 9 nitrogen and oxygen atoms in total. The third-order valence-corrected chi connectivity index (χ3v) is 4.31. The van der Waals surface area contributed by atoms with Crippen LogP contribution in [-0.4, -0.2) is 70.9 Å². The van der Waals surface area contributed by atoms with Crippen molar-refractivity contribution in [2.75, 3.05) is 26.2 Å². The number of carbonyl (C=O) groups excluding carboxylic acids is 3. The number of piperazine rings is 1. The zero-order valence-corrected chi connectivity index (χ0v) is 13.3. The van der Waals surface area contributed by atoms with Gasteiger partial charge < -0.3 is 20.9 Å². The van der Waals surface area contributed by atoms with Crippen molar-refractivity contribution in [3.8, 4) is 0 Å². The van der Waals surface area contributed by atoms with Gasteiger partial charge in [-0.1, -0.05) is 0 Å². The quantitative estimate of drug-likeness (QED) is 0.554. The van der Waals surface area contributed by atoms with Gasteiger partial charge in [-0.05, 0) is 12.8 Å². The van der Waals surface area contributed by atoms with Gasteiger partial charge in [0.25, 0.3) is 5.91 Å². The second kappa shape index (κ2) is 7.35. The lowest BCUT2D eigenvalue weighted by molar-refractivity contribution is -0.665. The van der Waals surface area contributed by atoms with Crippen LogP contribution in [0.25, 0.3) is 0 Å². The van der Waals surface area contributed by atoms with E-state index in [1.54, 1.807) is 0 Å². The lowest BCUT2D eigenvalue weighted by Gasteiger charge is -2.34. The number of aromatic nitrogens is 2. The summed E-state index contributed by atoms with van der Waals surface area (Å²) in [6.07, 6.45) is 5.69. The molecule has 0 aromatic carbocycles. The summed E-state index contributed by atoms with van der Waals surface area (Å²) in [6, 6.07) is -1.13. The molecule has 0 radical (unpaired) electrons. The summed E-state index contributed by atoms with van der Waals surface area (Å²) in [5.74, 6) is -0.723. The molecule has 2 aliphatic rings. The van der Waals surface area contributed by atoms with Crippen molar-refractivity contribution in [1.82, 2.24) is 25.5 Å². The van der Waals surface area contributed by atoms with Crippen LogP contribution in [0.15, 0.2) is 18.7 Å². The van der Waals surface area contributed by atoms with Crippen molar-refractivity contribution >= 4 is 17.7 Å². The summed E-state index contributed by atoms with van der Waals surface area (Å²) >= 11 is 0. The third kappa shape index (κ3) is 3.51. The van der Waals surface area contributed by atoms with Crippen LogP contribution in [0.3, 0.4) is 0 Å². The fourth-order valence-electron chi connectivity index (χ4n) is 3.03. The molecule has 3 amide bonds. The Morgan fingerprint density at radius 1 is 1.33 bits per heavy atom. The predicted octanol–water partition coefficient (Wildman–Crippen LogP) is -2.74. The van der Waals surface area contributed by atoms with E-state index in [1.807, 2.05) is 5.32 Å². The number of rotatable bonds is 3. The van der Waals surface area contributed by atoms with Gasteiger partial charge in [0.15, 0.2) is 6.04 Å². The van der Waals surface area contributed by atoms with Gasteiger partial charge in [-0.3, -0.25) is 14.4 Å². The van der Waals surface area contributed by atoms with Gasteiger partial charge in [-0.25, -0.2) is 9.97 Å². The SMILES string of the molecule is O=C1NCCC[C@@H]1NC(=O)[C@H]1C[NH2+]CCN1C(=O)c1cncnc1. The normalized spacial score (nSPS) is 24.2. The van der Waals surface area contributed by atoms with Gasteiger partial charge in [-0.15, -0.1) is 0 Å². The van der Waals surface area contributed by atoms with Crippen LogP contribution in [0.2, 0.25) is 0 Å². The number of amides is 3. The summed E-state index contributed by atoms with van der Waals surface area (Å²) in [4.78, 5) is 46.3. The van der Waals surface area contributed by atoms with Crippen molar-refractivity contribution in [2.24, 2.45) is 0 Å². The first-order valence-corrected chi connectivity index (χ1v) is 8.12. The monoisotopic (exact) mass is 333 g/mol. The van der Waals surface area contributed by atoms with E-state index in [0.29, 0.717) is 31.6 Å². The first-order valence-electron chi connectivity index (χ1n) is 8.12. The molecule has 0 unspecified atom stereocenters. The number of nitrogens with zero attached hydrogens (tertiary/aromatic N) is 3.